The summed E-state index contributed by atoms with van der Waals surface area (Å²) < 4.78 is 3.17. The number of nitrogens with zero attached hydrogens (tertiary/aromatic N) is 2. The number of aromatic nitrogens is 2. The maximum atomic E-state index is 5.84. The van der Waals surface area contributed by atoms with Crippen LogP contribution in [0.5, 0.6) is 0 Å². The van der Waals surface area contributed by atoms with Crippen LogP contribution < -0.4 is 11.3 Å². The topological polar surface area (TPSA) is 55.9 Å². The molecule has 112 valence electrons. The number of fused-ring (bicyclic) bond motifs is 1. The molecule has 1 heterocycles. The highest BCUT2D eigenvalue weighted by atomic mass is 79.9. The standard InChI is InChI=1S/C16H21BrN4/c1-3-21-15(16(17)10(2)20-21)9-14(19-18)13-8-11-6-4-5-7-12(11)13/h4-7,13-14,19H,3,8-9,18H2,1-2H3. The van der Waals surface area contributed by atoms with Crippen molar-refractivity contribution in [2.75, 3.05) is 0 Å². The lowest BCUT2D eigenvalue weighted by Gasteiger charge is -2.36. The summed E-state index contributed by atoms with van der Waals surface area (Å²) in [5.41, 5.74) is 8.16. The zero-order valence-corrected chi connectivity index (χ0v) is 14.0. The average molecular weight is 349 g/mol. The molecule has 1 aliphatic rings. The number of rotatable bonds is 5. The summed E-state index contributed by atoms with van der Waals surface area (Å²) in [7, 11) is 0. The zero-order chi connectivity index (χ0) is 15.0. The summed E-state index contributed by atoms with van der Waals surface area (Å²) in [5, 5.41) is 4.56. The monoisotopic (exact) mass is 348 g/mol. The Morgan fingerprint density at radius 1 is 1.48 bits per heavy atom. The van der Waals surface area contributed by atoms with Crippen LogP contribution in [0.3, 0.4) is 0 Å². The first-order chi connectivity index (χ1) is 10.2. The molecule has 1 aromatic heterocycles. The fourth-order valence-electron chi connectivity index (χ4n) is 3.25. The molecule has 0 fully saturated rings. The first kappa shape index (κ1) is 14.8. The number of nitrogens with one attached hydrogen (secondary N) is 1. The van der Waals surface area contributed by atoms with E-state index in [4.69, 9.17) is 5.84 Å². The zero-order valence-electron chi connectivity index (χ0n) is 12.4. The maximum Gasteiger partial charge on any atom is 0.0738 e. The quantitative estimate of drug-likeness (QED) is 0.645. The Kier molecular flexibility index (Phi) is 4.15. The molecule has 1 aliphatic carbocycles. The van der Waals surface area contributed by atoms with Crippen LogP contribution in [0.25, 0.3) is 0 Å². The number of aryl methyl sites for hydroxylation is 2. The summed E-state index contributed by atoms with van der Waals surface area (Å²) in [6, 6.07) is 8.86. The number of hydrogen-bond donors (Lipinski definition) is 2. The van der Waals surface area contributed by atoms with Crippen LogP contribution in [0.1, 0.15) is 35.4 Å². The molecular formula is C16H21BrN4. The van der Waals surface area contributed by atoms with Gasteiger partial charge in [0.05, 0.1) is 15.9 Å². The van der Waals surface area contributed by atoms with E-state index < -0.39 is 0 Å². The Balaban J connectivity index is 1.84. The third-order valence-corrected chi connectivity index (χ3v) is 5.49. The van der Waals surface area contributed by atoms with Crippen molar-refractivity contribution in [3.8, 4) is 0 Å². The second-order valence-electron chi connectivity index (χ2n) is 5.65. The van der Waals surface area contributed by atoms with Crippen molar-refractivity contribution in [2.24, 2.45) is 5.84 Å². The predicted octanol–water partition coefficient (Wildman–Crippen LogP) is 2.69. The Morgan fingerprint density at radius 2 is 2.24 bits per heavy atom. The molecule has 2 aromatic rings. The first-order valence-corrected chi connectivity index (χ1v) is 8.20. The van der Waals surface area contributed by atoms with E-state index in [0.717, 1.165) is 29.6 Å². The molecule has 0 saturated carbocycles. The van der Waals surface area contributed by atoms with Crippen molar-refractivity contribution in [3.63, 3.8) is 0 Å². The summed E-state index contributed by atoms with van der Waals surface area (Å²) in [6.07, 6.45) is 1.98. The van der Waals surface area contributed by atoms with Gasteiger partial charge >= 0.3 is 0 Å². The SMILES string of the molecule is CCn1nc(C)c(Br)c1CC(NN)C1Cc2ccccc21. The number of benzene rings is 1. The minimum absolute atomic E-state index is 0.234. The fraction of sp³-hybridized carbons (Fsp3) is 0.438. The van der Waals surface area contributed by atoms with E-state index in [1.165, 1.54) is 16.8 Å². The third-order valence-electron chi connectivity index (χ3n) is 4.46. The van der Waals surface area contributed by atoms with Gasteiger partial charge in [0, 0.05) is 24.9 Å². The van der Waals surface area contributed by atoms with Crippen molar-refractivity contribution in [3.05, 3.63) is 51.3 Å². The van der Waals surface area contributed by atoms with E-state index in [1.807, 2.05) is 6.92 Å². The molecule has 0 aliphatic heterocycles. The number of hydrogen-bond acceptors (Lipinski definition) is 3. The highest BCUT2D eigenvalue weighted by molar-refractivity contribution is 9.10. The number of hydrazine groups is 1. The van der Waals surface area contributed by atoms with Crippen LogP contribution in [0.15, 0.2) is 28.7 Å². The number of halogens is 1. The minimum Gasteiger partial charge on any atom is -0.271 e. The lowest BCUT2D eigenvalue weighted by atomic mass is 9.72. The molecule has 3 N–H and O–H groups in total. The highest BCUT2D eigenvalue weighted by Gasteiger charge is 2.33. The van der Waals surface area contributed by atoms with Crippen LogP contribution >= 0.6 is 15.9 Å². The summed E-state index contributed by atoms with van der Waals surface area (Å²) in [4.78, 5) is 0. The second-order valence-corrected chi connectivity index (χ2v) is 6.44. The third kappa shape index (κ3) is 2.54. The molecule has 0 bridgehead atoms. The van der Waals surface area contributed by atoms with Crippen molar-refractivity contribution < 1.29 is 0 Å². The fourth-order valence-corrected chi connectivity index (χ4v) is 3.69. The first-order valence-electron chi connectivity index (χ1n) is 7.41. The van der Waals surface area contributed by atoms with Crippen LogP contribution in [0, 0.1) is 6.92 Å². The van der Waals surface area contributed by atoms with Gasteiger partial charge in [0.15, 0.2) is 0 Å². The molecule has 0 amide bonds. The van der Waals surface area contributed by atoms with Crippen molar-refractivity contribution in [1.29, 1.82) is 0 Å². The largest absolute Gasteiger partial charge is 0.271 e. The molecule has 3 rings (SSSR count). The van der Waals surface area contributed by atoms with Gasteiger partial charge in [0.2, 0.25) is 0 Å². The average Bonchev–Trinajstić information content (AvgIpc) is 2.74. The lowest BCUT2D eigenvalue weighted by Crippen LogP contribution is -2.45. The summed E-state index contributed by atoms with van der Waals surface area (Å²) in [5.74, 6) is 6.33. The Morgan fingerprint density at radius 3 is 2.90 bits per heavy atom. The van der Waals surface area contributed by atoms with Crippen molar-refractivity contribution in [1.82, 2.24) is 15.2 Å². The molecular weight excluding hydrogens is 328 g/mol. The van der Waals surface area contributed by atoms with Gasteiger partial charge < -0.3 is 0 Å². The molecule has 0 saturated heterocycles. The summed E-state index contributed by atoms with van der Waals surface area (Å²) in [6.45, 7) is 5.02. The van der Waals surface area contributed by atoms with Crippen LogP contribution in [-0.2, 0) is 19.4 Å². The predicted molar refractivity (Wildman–Crippen MR) is 88.0 cm³/mol. The van der Waals surface area contributed by atoms with Crippen LogP contribution in [0.2, 0.25) is 0 Å². The van der Waals surface area contributed by atoms with E-state index >= 15 is 0 Å². The van der Waals surface area contributed by atoms with Crippen molar-refractivity contribution >= 4 is 15.9 Å². The van der Waals surface area contributed by atoms with Gasteiger partial charge in [-0.3, -0.25) is 16.0 Å². The van der Waals surface area contributed by atoms with Gasteiger partial charge in [0.25, 0.3) is 0 Å². The highest BCUT2D eigenvalue weighted by Crippen LogP contribution is 2.38. The smallest absolute Gasteiger partial charge is 0.0738 e. The maximum absolute atomic E-state index is 5.84. The molecule has 21 heavy (non-hydrogen) atoms. The molecule has 0 radical (unpaired) electrons. The van der Waals surface area contributed by atoms with Gasteiger partial charge in [0.1, 0.15) is 0 Å². The molecule has 0 spiro atoms. The Labute approximate surface area is 133 Å². The van der Waals surface area contributed by atoms with E-state index in [1.54, 1.807) is 0 Å². The van der Waals surface area contributed by atoms with Crippen molar-refractivity contribution in [2.45, 2.75) is 45.2 Å². The molecule has 5 heteroatoms. The Bertz CT molecular complexity index is 650. The molecule has 2 unspecified atom stereocenters. The van der Waals surface area contributed by atoms with Crippen LogP contribution in [0.4, 0.5) is 0 Å². The lowest BCUT2D eigenvalue weighted by molar-refractivity contribution is 0.394. The minimum atomic E-state index is 0.234. The van der Waals surface area contributed by atoms with Gasteiger partial charge in [-0.15, -0.1) is 0 Å². The van der Waals surface area contributed by atoms with E-state index in [0.29, 0.717) is 5.92 Å². The van der Waals surface area contributed by atoms with Gasteiger partial charge in [-0.05, 0) is 47.3 Å². The second kappa shape index (κ2) is 5.91. The molecule has 1 aromatic carbocycles. The van der Waals surface area contributed by atoms with Gasteiger partial charge in [-0.25, -0.2) is 0 Å². The molecule has 2 atom stereocenters. The Hall–Kier alpha value is -1.17. The summed E-state index contributed by atoms with van der Waals surface area (Å²) >= 11 is 3.67. The van der Waals surface area contributed by atoms with E-state index in [-0.39, 0.29) is 6.04 Å². The van der Waals surface area contributed by atoms with Gasteiger partial charge in [-0.1, -0.05) is 24.3 Å². The van der Waals surface area contributed by atoms with E-state index in [2.05, 4.69) is 62.3 Å². The van der Waals surface area contributed by atoms with Gasteiger partial charge in [-0.2, -0.15) is 5.10 Å². The van der Waals surface area contributed by atoms with E-state index in [9.17, 15) is 0 Å². The normalized spacial score (nSPS) is 18.2. The van der Waals surface area contributed by atoms with Crippen LogP contribution in [-0.4, -0.2) is 15.8 Å². The number of nitrogens with two attached hydrogens (primary N) is 1. The molecule has 4 nitrogen and oxygen atoms in total.